The summed E-state index contributed by atoms with van der Waals surface area (Å²) in [7, 11) is 0. The van der Waals surface area contributed by atoms with E-state index in [4.69, 9.17) is 4.74 Å². The molecule has 1 aliphatic heterocycles. The second-order valence-corrected chi connectivity index (χ2v) is 1.80. The highest BCUT2D eigenvalue weighted by Gasteiger charge is 2.21. The lowest BCUT2D eigenvalue weighted by Gasteiger charge is -2.30. The van der Waals surface area contributed by atoms with Crippen LogP contribution in [0, 0.1) is 12.8 Å². The summed E-state index contributed by atoms with van der Waals surface area (Å²) >= 11 is 0. The lowest BCUT2D eigenvalue weighted by molar-refractivity contribution is -0.0817. The third kappa shape index (κ3) is 0.432. The van der Waals surface area contributed by atoms with Gasteiger partial charge >= 0.3 is 0 Å². The Labute approximate surface area is 38.3 Å². The fourth-order valence-electron chi connectivity index (χ4n) is 0.425. The van der Waals surface area contributed by atoms with Gasteiger partial charge in [-0.1, -0.05) is 0 Å². The van der Waals surface area contributed by atoms with Crippen molar-refractivity contribution < 1.29 is 4.74 Å². The minimum absolute atomic E-state index is 0.421. The van der Waals surface area contributed by atoms with Crippen molar-refractivity contribution in [2.75, 3.05) is 6.61 Å². The van der Waals surface area contributed by atoms with Crippen LogP contribution in [0.15, 0.2) is 0 Å². The average Bonchev–Trinajstić information content (AvgIpc) is 1.61. The van der Waals surface area contributed by atoms with Crippen LogP contribution in [0.3, 0.4) is 0 Å². The Morgan fingerprint density at radius 2 is 2.33 bits per heavy atom. The van der Waals surface area contributed by atoms with Crippen molar-refractivity contribution in [3.8, 4) is 0 Å². The van der Waals surface area contributed by atoms with Crippen molar-refractivity contribution in [3.05, 3.63) is 6.92 Å². The Morgan fingerprint density at radius 1 is 1.83 bits per heavy atom. The highest BCUT2D eigenvalue weighted by molar-refractivity contribution is 4.75. The molecule has 1 radical (unpaired) electrons. The third-order valence-electron chi connectivity index (χ3n) is 1.24. The van der Waals surface area contributed by atoms with E-state index in [2.05, 4.69) is 6.92 Å². The van der Waals surface area contributed by atoms with Crippen LogP contribution in [0.4, 0.5) is 0 Å². The molecule has 0 aromatic rings. The van der Waals surface area contributed by atoms with E-state index in [1.54, 1.807) is 0 Å². The van der Waals surface area contributed by atoms with E-state index in [0.717, 1.165) is 6.61 Å². The maximum atomic E-state index is 4.98. The van der Waals surface area contributed by atoms with Crippen molar-refractivity contribution in [1.29, 1.82) is 0 Å². The summed E-state index contributed by atoms with van der Waals surface area (Å²) in [6.45, 7) is 6.70. The summed E-state index contributed by atoms with van der Waals surface area (Å²) in [6.07, 6.45) is 0.421. The molecule has 0 amide bonds. The van der Waals surface area contributed by atoms with E-state index in [0.29, 0.717) is 12.0 Å². The van der Waals surface area contributed by atoms with Crippen molar-refractivity contribution in [1.82, 2.24) is 0 Å². The van der Waals surface area contributed by atoms with Crippen LogP contribution < -0.4 is 0 Å². The zero-order chi connectivity index (χ0) is 4.57. The van der Waals surface area contributed by atoms with Crippen LogP contribution in [0.1, 0.15) is 6.92 Å². The van der Waals surface area contributed by atoms with Crippen molar-refractivity contribution in [2.45, 2.75) is 13.0 Å². The number of ether oxygens (including phenoxy) is 1. The Kier molecular flexibility index (Phi) is 0.845. The van der Waals surface area contributed by atoms with E-state index in [-0.39, 0.29) is 0 Å². The van der Waals surface area contributed by atoms with Gasteiger partial charge in [0.25, 0.3) is 0 Å². The van der Waals surface area contributed by atoms with Gasteiger partial charge < -0.3 is 4.74 Å². The highest BCUT2D eigenvalue weighted by Crippen LogP contribution is 2.16. The molecule has 6 heavy (non-hydrogen) atoms. The lowest BCUT2D eigenvalue weighted by Crippen LogP contribution is -2.34. The normalized spacial score (nSPS) is 45.0. The predicted octanol–water partition coefficient (Wildman–Crippen LogP) is 0.855. The Bertz CT molecular complexity index is 43.9. The van der Waals surface area contributed by atoms with Gasteiger partial charge in [0.05, 0.1) is 12.7 Å². The van der Waals surface area contributed by atoms with Crippen molar-refractivity contribution in [3.63, 3.8) is 0 Å². The molecule has 1 aliphatic rings. The molecule has 0 bridgehead atoms. The first kappa shape index (κ1) is 4.13. The first-order valence-corrected chi connectivity index (χ1v) is 2.25. The maximum absolute atomic E-state index is 4.98. The SMILES string of the molecule is [CH2]C1COC1C. The molecule has 0 N–H and O–H groups in total. The molecule has 0 aromatic carbocycles. The number of hydrogen-bond acceptors (Lipinski definition) is 1. The predicted molar refractivity (Wildman–Crippen MR) is 24.3 cm³/mol. The fraction of sp³-hybridized carbons (Fsp3) is 0.800. The zero-order valence-corrected chi connectivity index (χ0v) is 3.98. The molecule has 1 saturated heterocycles. The second kappa shape index (κ2) is 1.23. The molecule has 1 fully saturated rings. The monoisotopic (exact) mass is 85.1 g/mol. The van der Waals surface area contributed by atoms with Crippen molar-refractivity contribution >= 4 is 0 Å². The van der Waals surface area contributed by atoms with Crippen molar-refractivity contribution in [2.24, 2.45) is 5.92 Å². The van der Waals surface area contributed by atoms with Gasteiger partial charge in [-0.05, 0) is 13.8 Å². The third-order valence-corrected chi connectivity index (χ3v) is 1.24. The molecule has 1 heterocycles. The molecular formula is C5H9O. The highest BCUT2D eigenvalue weighted by atomic mass is 16.5. The minimum Gasteiger partial charge on any atom is -0.378 e. The number of rotatable bonds is 0. The van der Waals surface area contributed by atoms with Gasteiger partial charge in [-0.3, -0.25) is 0 Å². The molecule has 1 nitrogen and oxygen atoms in total. The Hall–Kier alpha value is -0.0400. The van der Waals surface area contributed by atoms with E-state index >= 15 is 0 Å². The Morgan fingerprint density at radius 3 is 2.33 bits per heavy atom. The van der Waals surface area contributed by atoms with Gasteiger partial charge in [-0.25, -0.2) is 0 Å². The maximum Gasteiger partial charge on any atom is 0.0597 e. The molecule has 1 heteroatoms. The fourth-order valence-corrected chi connectivity index (χ4v) is 0.425. The van der Waals surface area contributed by atoms with Crippen LogP contribution in [-0.2, 0) is 4.74 Å². The van der Waals surface area contributed by atoms with Crippen LogP contribution in [0.5, 0.6) is 0 Å². The molecule has 0 saturated carbocycles. The van der Waals surface area contributed by atoms with E-state index < -0.39 is 0 Å². The standard InChI is InChI=1S/C5H9O/c1-4-3-6-5(4)2/h4-5H,1,3H2,2H3. The number of hydrogen-bond donors (Lipinski definition) is 0. The summed E-state index contributed by atoms with van der Waals surface area (Å²) in [6, 6.07) is 0. The molecule has 0 aromatic heterocycles. The van der Waals surface area contributed by atoms with Crippen LogP contribution in [-0.4, -0.2) is 12.7 Å². The molecule has 35 valence electrons. The summed E-state index contributed by atoms with van der Waals surface area (Å²) < 4.78 is 4.98. The first-order valence-electron chi connectivity index (χ1n) is 2.25. The largest absolute Gasteiger partial charge is 0.378 e. The molecular weight excluding hydrogens is 76.1 g/mol. The van der Waals surface area contributed by atoms with E-state index in [9.17, 15) is 0 Å². The summed E-state index contributed by atoms with van der Waals surface area (Å²) in [5.74, 6) is 0.560. The topological polar surface area (TPSA) is 9.23 Å². The molecule has 2 atom stereocenters. The summed E-state index contributed by atoms with van der Waals surface area (Å²) in [5, 5.41) is 0. The molecule has 0 spiro atoms. The second-order valence-electron chi connectivity index (χ2n) is 1.80. The van der Waals surface area contributed by atoms with Gasteiger partial charge in [0, 0.05) is 5.92 Å². The summed E-state index contributed by atoms with van der Waals surface area (Å²) in [4.78, 5) is 0. The van der Waals surface area contributed by atoms with Gasteiger partial charge in [-0.15, -0.1) is 0 Å². The van der Waals surface area contributed by atoms with Crippen LogP contribution in [0.25, 0.3) is 0 Å². The van der Waals surface area contributed by atoms with Crippen LogP contribution in [0.2, 0.25) is 0 Å². The van der Waals surface area contributed by atoms with Gasteiger partial charge in [-0.2, -0.15) is 0 Å². The smallest absolute Gasteiger partial charge is 0.0597 e. The molecule has 0 aliphatic carbocycles. The molecule has 1 rings (SSSR count). The Balaban J connectivity index is 2.20. The first-order chi connectivity index (χ1) is 2.80. The quantitative estimate of drug-likeness (QED) is 0.424. The van der Waals surface area contributed by atoms with Gasteiger partial charge in [0.1, 0.15) is 0 Å². The average molecular weight is 85.1 g/mol. The van der Waals surface area contributed by atoms with E-state index in [1.807, 2.05) is 6.92 Å². The lowest BCUT2D eigenvalue weighted by atomic mass is 10.0. The zero-order valence-electron chi connectivity index (χ0n) is 3.98. The van der Waals surface area contributed by atoms with Gasteiger partial charge in [0.15, 0.2) is 0 Å². The minimum atomic E-state index is 0.421. The molecule has 2 unspecified atom stereocenters. The van der Waals surface area contributed by atoms with Crippen LogP contribution >= 0.6 is 0 Å². The summed E-state index contributed by atoms with van der Waals surface area (Å²) in [5.41, 5.74) is 0. The van der Waals surface area contributed by atoms with Gasteiger partial charge in [0.2, 0.25) is 0 Å². The van der Waals surface area contributed by atoms with E-state index in [1.165, 1.54) is 0 Å².